The van der Waals surface area contributed by atoms with Crippen LogP contribution in [0.4, 0.5) is 5.69 Å². The summed E-state index contributed by atoms with van der Waals surface area (Å²) in [4.78, 5) is 20.1. The molecule has 6 nitrogen and oxygen atoms in total. The fourth-order valence-corrected chi connectivity index (χ4v) is 6.17. The Morgan fingerprint density at radius 2 is 1.80 bits per heavy atom. The predicted molar refractivity (Wildman–Crippen MR) is 141 cm³/mol. The van der Waals surface area contributed by atoms with Gasteiger partial charge in [-0.25, -0.2) is 0 Å². The molecule has 1 unspecified atom stereocenters. The lowest BCUT2D eigenvalue weighted by molar-refractivity contribution is 0.0431. The molecule has 0 bridgehead atoms. The molecule has 3 aliphatic rings. The van der Waals surface area contributed by atoms with Crippen molar-refractivity contribution in [3.63, 3.8) is 0 Å². The third kappa shape index (κ3) is 5.11. The zero-order valence-corrected chi connectivity index (χ0v) is 21.5. The van der Waals surface area contributed by atoms with Crippen LogP contribution in [0.3, 0.4) is 0 Å². The summed E-state index contributed by atoms with van der Waals surface area (Å²) in [6.07, 6.45) is 2.74. The van der Waals surface area contributed by atoms with Crippen LogP contribution < -0.4 is 10.2 Å². The average molecular weight is 477 g/mol. The highest BCUT2D eigenvalue weighted by Gasteiger charge is 2.38. The van der Waals surface area contributed by atoms with E-state index in [4.69, 9.17) is 0 Å². The van der Waals surface area contributed by atoms with Crippen LogP contribution in [0.2, 0.25) is 0 Å². The van der Waals surface area contributed by atoms with Crippen molar-refractivity contribution < 1.29 is 9.90 Å². The lowest BCUT2D eigenvalue weighted by Gasteiger charge is -2.42. The van der Waals surface area contributed by atoms with Gasteiger partial charge in [0.05, 0.1) is 6.10 Å². The molecule has 3 aliphatic heterocycles. The summed E-state index contributed by atoms with van der Waals surface area (Å²) in [5, 5.41) is 14.3. The first-order chi connectivity index (χ1) is 16.8. The van der Waals surface area contributed by atoms with Crippen molar-refractivity contribution in [2.24, 2.45) is 0 Å². The number of β-amino-alcohol motifs (C(OH)–C–C–N with tert-alkyl or cyclic N) is 1. The Morgan fingerprint density at radius 1 is 1.06 bits per heavy atom. The third-order valence-electron chi connectivity index (χ3n) is 8.21. The molecule has 2 N–H and O–H groups in total. The van der Waals surface area contributed by atoms with E-state index >= 15 is 0 Å². The molecule has 2 aromatic rings. The van der Waals surface area contributed by atoms with Gasteiger partial charge in [0, 0.05) is 68.5 Å². The van der Waals surface area contributed by atoms with Crippen LogP contribution in [0.1, 0.15) is 53.7 Å². The van der Waals surface area contributed by atoms with Crippen LogP contribution in [0.15, 0.2) is 42.5 Å². The monoisotopic (exact) mass is 476 g/mol. The van der Waals surface area contributed by atoms with E-state index in [0.29, 0.717) is 25.7 Å². The van der Waals surface area contributed by atoms with E-state index in [0.717, 1.165) is 56.6 Å². The van der Waals surface area contributed by atoms with E-state index in [1.807, 2.05) is 18.0 Å². The maximum Gasteiger partial charge on any atom is 0.254 e. The maximum atomic E-state index is 13.4. The van der Waals surface area contributed by atoms with Gasteiger partial charge in [0.25, 0.3) is 5.91 Å². The number of carbonyl (C=O) groups is 1. The fourth-order valence-electron chi connectivity index (χ4n) is 6.17. The Balaban J connectivity index is 1.25. The molecule has 6 heteroatoms. The van der Waals surface area contributed by atoms with E-state index in [1.54, 1.807) is 0 Å². The van der Waals surface area contributed by atoms with Gasteiger partial charge in [-0.05, 0) is 61.2 Å². The Morgan fingerprint density at radius 3 is 2.54 bits per heavy atom. The van der Waals surface area contributed by atoms with Gasteiger partial charge in [-0.15, -0.1) is 0 Å². The van der Waals surface area contributed by atoms with Crippen molar-refractivity contribution in [2.75, 3.05) is 51.2 Å². The van der Waals surface area contributed by atoms with Crippen molar-refractivity contribution in [1.82, 2.24) is 15.1 Å². The van der Waals surface area contributed by atoms with Crippen LogP contribution >= 0.6 is 0 Å². The molecule has 0 radical (unpaired) electrons. The van der Waals surface area contributed by atoms with Crippen LogP contribution in [0.5, 0.6) is 0 Å². The minimum atomic E-state index is -0.561. The predicted octanol–water partition coefficient (Wildman–Crippen LogP) is 3.03. The van der Waals surface area contributed by atoms with Gasteiger partial charge in [-0.1, -0.05) is 38.1 Å². The molecule has 35 heavy (non-hydrogen) atoms. The van der Waals surface area contributed by atoms with E-state index in [-0.39, 0.29) is 11.3 Å². The van der Waals surface area contributed by atoms with Crippen LogP contribution in [0.25, 0.3) is 0 Å². The number of carbonyl (C=O) groups excluding carboxylic acids is 1. The number of anilines is 1. The third-order valence-corrected chi connectivity index (χ3v) is 8.21. The number of fused-ring (bicyclic) bond motifs is 2. The number of nitrogens with zero attached hydrogens (tertiary/aromatic N) is 3. The normalized spacial score (nSPS) is 21.5. The number of aliphatic hydroxyl groups is 1. The second-order valence-electron chi connectivity index (χ2n) is 11.3. The summed E-state index contributed by atoms with van der Waals surface area (Å²) >= 11 is 0. The molecule has 3 heterocycles. The van der Waals surface area contributed by atoms with Crippen LogP contribution in [0, 0.1) is 0 Å². The molecule has 0 aromatic heterocycles. The molecule has 2 aromatic carbocycles. The van der Waals surface area contributed by atoms with Gasteiger partial charge in [0.15, 0.2) is 0 Å². The molecular formula is C29H40N4O2. The van der Waals surface area contributed by atoms with Crippen molar-refractivity contribution in [3.05, 3.63) is 64.7 Å². The zero-order valence-electron chi connectivity index (χ0n) is 21.5. The summed E-state index contributed by atoms with van der Waals surface area (Å²) in [7, 11) is 2.04. The highest BCUT2D eigenvalue weighted by Crippen LogP contribution is 2.36. The summed E-state index contributed by atoms with van der Waals surface area (Å²) in [5.74, 6) is 0.0443. The van der Waals surface area contributed by atoms with Gasteiger partial charge in [0.2, 0.25) is 0 Å². The summed E-state index contributed by atoms with van der Waals surface area (Å²) in [6.45, 7) is 9.92. The molecule has 1 amide bonds. The number of hydrogen-bond acceptors (Lipinski definition) is 5. The van der Waals surface area contributed by atoms with Crippen molar-refractivity contribution >= 4 is 11.6 Å². The zero-order chi connectivity index (χ0) is 24.6. The molecule has 1 saturated heterocycles. The summed E-state index contributed by atoms with van der Waals surface area (Å²) in [6, 6.07) is 15.5. The highest BCUT2D eigenvalue weighted by atomic mass is 16.3. The molecule has 0 saturated carbocycles. The largest absolute Gasteiger partial charge is 0.390 e. The van der Waals surface area contributed by atoms with E-state index < -0.39 is 6.10 Å². The number of piperidine rings is 1. The molecule has 1 atom stereocenters. The Hall–Kier alpha value is -2.41. The van der Waals surface area contributed by atoms with E-state index in [1.165, 1.54) is 16.8 Å². The fraction of sp³-hybridized carbons (Fsp3) is 0.552. The first-order valence-electron chi connectivity index (χ1n) is 13.2. The number of rotatable bonds is 6. The molecule has 0 aliphatic carbocycles. The van der Waals surface area contributed by atoms with E-state index in [9.17, 15) is 9.90 Å². The molecule has 188 valence electrons. The number of aliphatic hydroxyl groups excluding tert-OH is 1. The maximum absolute atomic E-state index is 13.4. The lowest BCUT2D eigenvalue weighted by Crippen LogP contribution is -2.51. The van der Waals surface area contributed by atoms with Gasteiger partial charge in [0.1, 0.15) is 0 Å². The Bertz CT molecular complexity index is 1060. The van der Waals surface area contributed by atoms with E-state index in [2.05, 4.69) is 65.4 Å². The average Bonchev–Trinajstić information content (AvgIpc) is 2.86. The minimum absolute atomic E-state index is 0.0443. The highest BCUT2D eigenvalue weighted by molar-refractivity contribution is 5.98. The molecular weight excluding hydrogens is 436 g/mol. The Labute approximate surface area is 209 Å². The molecule has 0 spiro atoms. The topological polar surface area (TPSA) is 59.0 Å². The standard InChI is InChI=1S/C29H40N4O2/c1-29(2)20-33(19-25(34)18-31-13-10-21-6-4-5-7-22(21)17-31)28(35)26-9-8-24(16-27(26)29)32-14-11-23(30-3)12-15-32/h4-9,16,23,25,30,34H,10-15,17-20H2,1-3H3. The van der Waals surface area contributed by atoms with Gasteiger partial charge in [-0.2, -0.15) is 0 Å². The van der Waals surface area contributed by atoms with Crippen molar-refractivity contribution in [2.45, 2.75) is 57.2 Å². The quantitative estimate of drug-likeness (QED) is 0.671. The molecule has 5 rings (SSSR count). The number of amides is 1. The minimum Gasteiger partial charge on any atom is -0.390 e. The first-order valence-corrected chi connectivity index (χ1v) is 13.2. The van der Waals surface area contributed by atoms with Gasteiger partial charge >= 0.3 is 0 Å². The van der Waals surface area contributed by atoms with Gasteiger partial charge < -0.3 is 20.2 Å². The number of nitrogens with one attached hydrogen (secondary N) is 1. The second-order valence-corrected chi connectivity index (χ2v) is 11.3. The SMILES string of the molecule is CNC1CCN(c2ccc3c(c2)C(C)(C)CN(CC(O)CN2CCc4ccccc4C2)C3=O)CC1. The summed E-state index contributed by atoms with van der Waals surface area (Å²) in [5.41, 5.74) is 5.74. The van der Waals surface area contributed by atoms with Crippen LogP contribution in [-0.2, 0) is 18.4 Å². The lowest BCUT2D eigenvalue weighted by atomic mass is 9.77. The van der Waals surface area contributed by atoms with Crippen molar-refractivity contribution in [1.29, 1.82) is 0 Å². The second kappa shape index (κ2) is 9.92. The number of benzene rings is 2. The van der Waals surface area contributed by atoms with Gasteiger partial charge in [-0.3, -0.25) is 9.69 Å². The van der Waals surface area contributed by atoms with Crippen molar-refractivity contribution in [3.8, 4) is 0 Å². The van der Waals surface area contributed by atoms with Crippen LogP contribution in [-0.4, -0.2) is 79.3 Å². The summed E-state index contributed by atoms with van der Waals surface area (Å²) < 4.78 is 0. The number of hydrogen-bond donors (Lipinski definition) is 2. The smallest absolute Gasteiger partial charge is 0.254 e. The molecule has 1 fully saturated rings. The Kier molecular flexibility index (Phi) is 6.88. The first kappa shape index (κ1) is 24.3.